The lowest BCUT2D eigenvalue weighted by Crippen LogP contribution is -2.35. The normalized spacial score (nSPS) is 10.2. The third kappa shape index (κ3) is 37.5. The Hall–Kier alpha value is -4.27. The van der Waals surface area contributed by atoms with E-state index in [4.69, 9.17) is 55.7 Å². The molecule has 0 radical (unpaired) electrons. The van der Waals surface area contributed by atoms with E-state index in [1.807, 2.05) is 87.3 Å². The largest absolute Gasteiger partial charge is 0.444 e. The van der Waals surface area contributed by atoms with Gasteiger partial charge in [0, 0.05) is 58.9 Å². The van der Waals surface area contributed by atoms with E-state index in [1.165, 1.54) is 54.1 Å². The summed E-state index contributed by atoms with van der Waals surface area (Å²) in [7, 11) is 1.50. The SMILES string of the molecule is CC(C)(C)OC(=O)NCCN.CCNc1nc(Cl)nc(SC)n1.CCNc1nc(NCCN)nc(SC)n1.CCNc1nc(NCCNC(=O)OC(C)(C)C)nc(SC)n1.CN.CSc1nc(Cl)nc(Cl)n1. The van der Waals surface area contributed by atoms with Gasteiger partial charge in [0.05, 0.1) is 0 Å². The van der Waals surface area contributed by atoms with Gasteiger partial charge in [-0.15, -0.1) is 0 Å². The number of halogens is 3. The molecule has 408 valence electrons. The van der Waals surface area contributed by atoms with Gasteiger partial charge in [0.15, 0.2) is 20.6 Å². The van der Waals surface area contributed by atoms with E-state index >= 15 is 0 Å². The van der Waals surface area contributed by atoms with Crippen molar-refractivity contribution in [1.82, 2.24) is 70.4 Å². The maximum absolute atomic E-state index is 11.5. The van der Waals surface area contributed by atoms with Crippen LogP contribution in [-0.4, -0.2) is 174 Å². The maximum atomic E-state index is 11.5. The number of aromatic nitrogens is 12. The molecule has 0 aromatic carbocycles. The fraction of sp³-hybridized carbons (Fsp3) is 0.641. The van der Waals surface area contributed by atoms with E-state index in [0.717, 1.165) is 19.6 Å². The van der Waals surface area contributed by atoms with Gasteiger partial charge in [0.25, 0.3) is 0 Å². The summed E-state index contributed by atoms with van der Waals surface area (Å²) in [6, 6.07) is 0. The smallest absolute Gasteiger partial charge is 0.407 e. The van der Waals surface area contributed by atoms with Crippen molar-refractivity contribution in [3.8, 4) is 0 Å². The standard InChI is InChI=1S/C13H24N6O2S.C8H16N6S.C7H16N2O2.C6H9ClN4S.C4H3Cl2N3S.CH5N/c1-6-14-9-17-10(19-11(18-9)22-5)15-7-8-16-12(20)21-13(2,3)4;1-3-10-6-12-7(11-5-4-9)14-8(13-6)15-2;1-7(2,3)11-6(10)9-5-4-8;1-3-8-5-9-4(7)10-6(11-5)12-2;1-10-4-8-2(5)7-3(6)9-4;1-2/h6-8H2,1-5H3,(H,16,20)(H2,14,15,17,18,19);3-5,9H2,1-2H3,(H2,10,11,12,13,14);4-5,8H2,1-3H3,(H,9,10);3H2,1-2H3,(H,8,9,10,11);1H3;2H2,1H3. The molecule has 0 saturated heterocycles. The maximum Gasteiger partial charge on any atom is 0.407 e. The number of hydrogen-bond acceptors (Lipinski definition) is 28. The number of carbonyl (C=O) groups is 2. The van der Waals surface area contributed by atoms with Crippen LogP contribution < -0.4 is 54.4 Å². The number of alkyl carbamates (subject to hydrolysis) is 2. The molecule has 0 spiro atoms. The zero-order chi connectivity index (χ0) is 55.1. The number of rotatable bonds is 19. The third-order valence-electron chi connectivity index (χ3n) is 6.43. The molecule has 0 aliphatic carbocycles. The van der Waals surface area contributed by atoms with Crippen molar-refractivity contribution in [3.05, 3.63) is 15.9 Å². The van der Waals surface area contributed by atoms with E-state index in [1.54, 1.807) is 0 Å². The van der Waals surface area contributed by atoms with Crippen LogP contribution in [0.5, 0.6) is 0 Å². The number of hydrogen-bond donors (Lipinski definition) is 10. The molecule has 0 atom stereocenters. The summed E-state index contributed by atoms with van der Waals surface area (Å²) in [6.45, 7) is 22.1. The van der Waals surface area contributed by atoms with Crippen LogP contribution in [-0.2, 0) is 9.47 Å². The molecule has 0 aliphatic rings. The highest BCUT2D eigenvalue weighted by atomic mass is 35.5. The van der Waals surface area contributed by atoms with Crippen molar-refractivity contribution in [3.63, 3.8) is 0 Å². The topological polar surface area (TPSA) is 370 Å². The Bertz CT molecular complexity index is 2080. The van der Waals surface area contributed by atoms with Gasteiger partial charge in [-0.05, 0) is 129 Å². The molecule has 2 amide bonds. The molecular weight excluding hydrogens is 1080 g/mol. The summed E-state index contributed by atoms with van der Waals surface area (Å²) in [4.78, 5) is 70.7. The van der Waals surface area contributed by atoms with Crippen LogP contribution in [0.4, 0.5) is 39.3 Å². The first-order valence-electron chi connectivity index (χ1n) is 21.8. The first-order valence-corrected chi connectivity index (χ1v) is 27.9. The van der Waals surface area contributed by atoms with Gasteiger partial charge in [-0.25, -0.2) is 9.59 Å². The summed E-state index contributed by atoms with van der Waals surface area (Å²) >= 11 is 22.3. The van der Waals surface area contributed by atoms with Crippen LogP contribution >= 0.6 is 81.9 Å². The van der Waals surface area contributed by atoms with Crippen molar-refractivity contribution in [2.24, 2.45) is 17.2 Å². The van der Waals surface area contributed by atoms with Crippen LogP contribution in [0.2, 0.25) is 15.9 Å². The highest BCUT2D eigenvalue weighted by Crippen LogP contribution is 2.16. The average Bonchev–Trinajstić information content (AvgIpc) is 3.31. The Balaban J connectivity index is 0. The second-order valence-corrected chi connectivity index (χ2v) is 18.7. The zero-order valence-corrected chi connectivity index (χ0v) is 48.9. The Morgan fingerprint density at radius 1 is 0.444 bits per heavy atom. The second kappa shape index (κ2) is 41.1. The number of nitrogens with two attached hydrogens (primary N) is 3. The lowest BCUT2D eigenvalue weighted by molar-refractivity contribution is 0.0518. The summed E-state index contributed by atoms with van der Waals surface area (Å²) in [5, 5.41) is 23.3. The minimum Gasteiger partial charge on any atom is -0.444 e. The van der Waals surface area contributed by atoms with Gasteiger partial charge in [-0.1, -0.05) is 47.0 Å². The molecule has 0 aliphatic heterocycles. The summed E-state index contributed by atoms with van der Waals surface area (Å²) in [5.41, 5.74) is 14.1. The Morgan fingerprint density at radius 3 is 1.07 bits per heavy atom. The monoisotopic (exact) mass is 1150 g/mol. The first kappa shape index (κ1) is 69.8. The zero-order valence-electron chi connectivity index (χ0n) is 43.4. The van der Waals surface area contributed by atoms with Crippen LogP contribution in [0.15, 0.2) is 20.6 Å². The molecule has 0 fully saturated rings. The first-order chi connectivity index (χ1) is 34.1. The van der Waals surface area contributed by atoms with E-state index in [0.29, 0.717) is 89.6 Å². The number of nitrogens with zero attached hydrogens (tertiary/aromatic N) is 12. The molecule has 0 unspecified atom stereocenters. The molecule has 4 heterocycles. The van der Waals surface area contributed by atoms with Gasteiger partial charge in [0.1, 0.15) is 11.2 Å². The van der Waals surface area contributed by atoms with Crippen LogP contribution in [0.3, 0.4) is 0 Å². The molecule has 4 aromatic rings. The van der Waals surface area contributed by atoms with Crippen molar-refractivity contribution >= 4 is 124 Å². The highest BCUT2D eigenvalue weighted by molar-refractivity contribution is 7.99. The number of anilines is 5. The number of amides is 2. The lowest BCUT2D eigenvalue weighted by atomic mass is 10.2. The fourth-order valence-corrected chi connectivity index (χ4v) is 6.01. The van der Waals surface area contributed by atoms with Crippen LogP contribution in [0, 0.1) is 0 Å². The Morgan fingerprint density at radius 2 is 0.736 bits per heavy atom. The summed E-state index contributed by atoms with van der Waals surface area (Å²) in [6.07, 6.45) is 6.70. The van der Waals surface area contributed by atoms with E-state index in [-0.39, 0.29) is 15.9 Å². The third-order valence-corrected chi connectivity index (χ3v) is 9.13. The molecule has 26 nitrogen and oxygen atoms in total. The number of nitrogens with one attached hydrogen (secondary N) is 7. The molecule has 13 N–H and O–H groups in total. The highest BCUT2D eigenvalue weighted by Gasteiger charge is 2.16. The molecule has 33 heteroatoms. The predicted octanol–water partition coefficient (Wildman–Crippen LogP) is 5.98. The molecule has 72 heavy (non-hydrogen) atoms. The quantitative estimate of drug-likeness (QED) is 0.0381. The fourth-order valence-electron chi connectivity index (χ4n) is 3.91. The summed E-state index contributed by atoms with van der Waals surface area (Å²) < 4.78 is 10.1. The van der Waals surface area contributed by atoms with E-state index in [9.17, 15) is 9.59 Å². The predicted molar refractivity (Wildman–Crippen MR) is 298 cm³/mol. The van der Waals surface area contributed by atoms with Gasteiger partial charge in [0.2, 0.25) is 45.6 Å². The van der Waals surface area contributed by atoms with Crippen molar-refractivity contribution < 1.29 is 19.1 Å². The van der Waals surface area contributed by atoms with Gasteiger partial charge in [-0.3, -0.25) is 0 Å². The number of carbonyl (C=O) groups excluding carboxylic acids is 2. The second-order valence-electron chi connectivity index (χ2n) is 14.6. The van der Waals surface area contributed by atoms with Crippen LogP contribution in [0.25, 0.3) is 0 Å². The van der Waals surface area contributed by atoms with E-state index < -0.39 is 23.4 Å². The van der Waals surface area contributed by atoms with Crippen LogP contribution in [0.1, 0.15) is 62.3 Å². The van der Waals surface area contributed by atoms with Crippen molar-refractivity contribution in [1.29, 1.82) is 0 Å². The van der Waals surface area contributed by atoms with Gasteiger partial charge < -0.3 is 63.9 Å². The minimum absolute atomic E-state index is 0.129. The molecule has 4 aromatic heterocycles. The lowest BCUT2D eigenvalue weighted by Gasteiger charge is -2.19. The number of thioether (sulfide) groups is 4. The minimum atomic E-state index is -0.500. The van der Waals surface area contributed by atoms with Crippen molar-refractivity contribution in [2.75, 3.05) is 118 Å². The van der Waals surface area contributed by atoms with E-state index in [2.05, 4.69) is 103 Å². The Kier molecular flexibility index (Phi) is 39.9. The molecule has 4 rings (SSSR count). The molecular formula is C39H73Cl3N22O4S4. The number of ether oxygens (including phenoxy) is 2. The summed E-state index contributed by atoms with van der Waals surface area (Å²) in [5.74, 6) is 2.69. The van der Waals surface area contributed by atoms with Gasteiger partial charge >= 0.3 is 12.2 Å². The Labute approximate surface area is 455 Å². The molecule has 0 bridgehead atoms. The van der Waals surface area contributed by atoms with Crippen molar-refractivity contribution in [2.45, 2.75) is 94.1 Å². The average molecular weight is 1150 g/mol. The molecule has 0 saturated carbocycles. The van der Waals surface area contributed by atoms with Gasteiger partial charge in [-0.2, -0.15) is 59.8 Å².